The number of rotatable bonds is 6. The number of carbonyl (C=O) groups is 1. The molecular formula is C22H20BrClN4O2S. The van der Waals surface area contributed by atoms with Gasteiger partial charge >= 0.3 is 0 Å². The number of carbonyl (C=O) groups excluding carboxylic acids is 1. The summed E-state index contributed by atoms with van der Waals surface area (Å²) in [5, 5.41) is 13.7. The second-order valence-electron chi connectivity index (χ2n) is 7.10. The number of benzene rings is 2. The Hall–Kier alpha value is -2.29. The van der Waals surface area contributed by atoms with Crippen molar-refractivity contribution >= 4 is 61.9 Å². The molecule has 9 heteroatoms. The van der Waals surface area contributed by atoms with Crippen molar-refractivity contribution in [3.8, 4) is 11.6 Å². The highest BCUT2D eigenvalue weighted by atomic mass is 79.9. The summed E-state index contributed by atoms with van der Waals surface area (Å²) in [7, 11) is 0. The number of fused-ring (bicyclic) bond motifs is 1. The van der Waals surface area contributed by atoms with Crippen LogP contribution in [-0.2, 0) is 11.3 Å². The molecule has 0 unspecified atom stereocenters. The number of halogens is 2. The SMILES string of the molecule is CCn1c(SCC(=O)Nc2cc(C)c(C)cc2Br)nnc1-c1cc2cc(Cl)ccc2o1. The summed E-state index contributed by atoms with van der Waals surface area (Å²) in [6.45, 7) is 6.70. The molecule has 0 fully saturated rings. The molecule has 0 radical (unpaired) electrons. The minimum atomic E-state index is -0.112. The monoisotopic (exact) mass is 518 g/mol. The van der Waals surface area contributed by atoms with Crippen LogP contribution in [0, 0.1) is 13.8 Å². The quantitative estimate of drug-likeness (QED) is 0.295. The molecule has 6 nitrogen and oxygen atoms in total. The Morgan fingerprint density at radius 3 is 2.74 bits per heavy atom. The largest absolute Gasteiger partial charge is 0.453 e. The minimum absolute atomic E-state index is 0.112. The lowest BCUT2D eigenvalue weighted by molar-refractivity contribution is -0.113. The van der Waals surface area contributed by atoms with Crippen molar-refractivity contribution in [1.29, 1.82) is 0 Å². The Morgan fingerprint density at radius 2 is 1.97 bits per heavy atom. The van der Waals surface area contributed by atoms with Gasteiger partial charge in [-0.2, -0.15) is 0 Å². The number of aryl methyl sites for hydroxylation is 2. The van der Waals surface area contributed by atoms with Crippen molar-refractivity contribution < 1.29 is 9.21 Å². The summed E-state index contributed by atoms with van der Waals surface area (Å²) in [6, 6.07) is 11.3. The summed E-state index contributed by atoms with van der Waals surface area (Å²) in [4.78, 5) is 12.5. The van der Waals surface area contributed by atoms with Crippen LogP contribution in [0.15, 0.2) is 50.4 Å². The van der Waals surface area contributed by atoms with Crippen molar-refractivity contribution in [1.82, 2.24) is 14.8 Å². The number of hydrogen-bond acceptors (Lipinski definition) is 5. The summed E-state index contributed by atoms with van der Waals surface area (Å²) in [5.74, 6) is 1.34. The number of thioether (sulfide) groups is 1. The fourth-order valence-electron chi connectivity index (χ4n) is 3.18. The molecule has 0 aliphatic carbocycles. The van der Waals surface area contributed by atoms with Crippen molar-refractivity contribution in [3.05, 3.63) is 57.0 Å². The highest BCUT2D eigenvalue weighted by molar-refractivity contribution is 9.10. The van der Waals surface area contributed by atoms with Crippen LogP contribution in [0.2, 0.25) is 5.02 Å². The molecule has 2 aromatic heterocycles. The average Bonchev–Trinajstić information content (AvgIpc) is 3.33. The van der Waals surface area contributed by atoms with Gasteiger partial charge in [0.1, 0.15) is 5.58 Å². The van der Waals surface area contributed by atoms with Crippen LogP contribution in [0.3, 0.4) is 0 Å². The standard InChI is InChI=1S/C22H20BrClN4O2S/c1-4-28-21(19-10-14-9-15(24)5-6-18(14)30-19)26-27-22(28)31-11-20(29)25-17-8-13(3)12(2)7-16(17)23/h5-10H,4,11H2,1-3H3,(H,25,29). The number of aromatic nitrogens is 3. The maximum atomic E-state index is 12.5. The smallest absolute Gasteiger partial charge is 0.234 e. The van der Waals surface area contributed by atoms with Crippen LogP contribution < -0.4 is 5.32 Å². The molecular weight excluding hydrogens is 500 g/mol. The van der Waals surface area contributed by atoms with E-state index in [0.717, 1.165) is 32.3 Å². The molecule has 0 saturated carbocycles. The molecule has 1 N–H and O–H groups in total. The van der Waals surface area contributed by atoms with Crippen LogP contribution in [-0.4, -0.2) is 26.4 Å². The topological polar surface area (TPSA) is 73.0 Å². The van der Waals surface area contributed by atoms with E-state index >= 15 is 0 Å². The van der Waals surface area contributed by atoms with Crippen LogP contribution in [0.4, 0.5) is 5.69 Å². The molecule has 2 aromatic carbocycles. The molecule has 4 rings (SSSR count). The van der Waals surface area contributed by atoms with Crippen molar-refractivity contribution in [2.45, 2.75) is 32.5 Å². The van der Waals surface area contributed by atoms with Gasteiger partial charge in [0.2, 0.25) is 11.7 Å². The fourth-order valence-corrected chi connectivity index (χ4v) is 4.72. The van der Waals surface area contributed by atoms with Crippen LogP contribution in [0.5, 0.6) is 0 Å². The molecule has 2 heterocycles. The lowest BCUT2D eigenvalue weighted by atomic mass is 10.1. The maximum absolute atomic E-state index is 12.5. The molecule has 1 amide bonds. The zero-order valence-electron chi connectivity index (χ0n) is 17.2. The Balaban J connectivity index is 1.50. The number of nitrogens with one attached hydrogen (secondary N) is 1. The number of hydrogen-bond donors (Lipinski definition) is 1. The van der Waals surface area contributed by atoms with E-state index in [1.807, 2.05) is 55.7 Å². The van der Waals surface area contributed by atoms with E-state index in [0.29, 0.717) is 28.3 Å². The van der Waals surface area contributed by atoms with Crippen LogP contribution >= 0.6 is 39.3 Å². The van der Waals surface area contributed by atoms with Gasteiger partial charge in [-0.25, -0.2) is 0 Å². The lowest BCUT2D eigenvalue weighted by Gasteiger charge is -2.10. The summed E-state index contributed by atoms with van der Waals surface area (Å²) in [6.07, 6.45) is 0. The maximum Gasteiger partial charge on any atom is 0.234 e. The first-order chi connectivity index (χ1) is 14.9. The molecule has 0 spiro atoms. The van der Waals surface area contributed by atoms with Gasteiger partial charge in [-0.05, 0) is 84.2 Å². The average molecular weight is 520 g/mol. The second-order valence-corrected chi connectivity index (χ2v) is 9.33. The molecule has 0 aliphatic rings. The number of nitrogens with zero attached hydrogens (tertiary/aromatic N) is 3. The van der Waals surface area contributed by atoms with Gasteiger partial charge in [0.15, 0.2) is 10.9 Å². The molecule has 160 valence electrons. The van der Waals surface area contributed by atoms with Crippen LogP contribution in [0.25, 0.3) is 22.6 Å². The van der Waals surface area contributed by atoms with Gasteiger partial charge in [0, 0.05) is 21.4 Å². The van der Waals surface area contributed by atoms with Gasteiger partial charge in [-0.15, -0.1) is 10.2 Å². The third-order valence-electron chi connectivity index (χ3n) is 4.92. The Bertz CT molecular complexity index is 1280. The Kier molecular flexibility index (Phi) is 6.41. The van der Waals surface area contributed by atoms with E-state index in [1.165, 1.54) is 11.8 Å². The zero-order valence-corrected chi connectivity index (χ0v) is 20.4. The van der Waals surface area contributed by atoms with E-state index in [2.05, 4.69) is 31.4 Å². The van der Waals surface area contributed by atoms with E-state index in [4.69, 9.17) is 16.0 Å². The van der Waals surface area contributed by atoms with Crippen LogP contribution in [0.1, 0.15) is 18.1 Å². The first-order valence-corrected chi connectivity index (χ1v) is 11.8. The van der Waals surface area contributed by atoms with E-state index in [-0.39, 0.29) is 11.7 Å². The van der Waals surface area contributed by atoms with E-state index < -0.39 is 0 Å². The molecule has 0 aliphatic heterocycles. The minimum Gasteiger partial charge on any atom is -0.453 e. The predicted molar refractivity (Wildman–Crippen MR) is 129 cm³/mol. The molecule has 4 aromatic rings. The van der Waals surface area contributed by atoms with Crippen molar-refractivity contribution in [2.24, 2.45) is 0 Å². The third-order valence-corrected chi connectivity index (χ3v) is 6.78. The molecule has 0 bridgehead atoms. The van der Waals surface area contributed by atoms with Gasteiger partial charge in [-0.3, -0.25) is 9.36 Å². The van der Waals surface area contributed by atoms with E-state index in [1.54, 1.807) is 6.07 Å². The Labute approximate surface area is 197 Å². The van der Waals surface area contributed by atoms with Gasteiger partial charge < -0.3 is 9.73 Å². The third kappa shape index (κ3) is 4.66. The number of furan rings is 1. The summed E-state index contributed by atoms with van der Waals surface area (Å²) < 4.78 is 8.72. The Morgan fingerprint density at radius 1 is 1.19 bits per heavy atom. The molecule has 0 atom stereocenters. The van der Waals surface area contributed by atoms with Gasteiger partial charge in [0.05, 0.1) is 11.4 Å². The number of amides is 1. The van der Waals surface area contributed by atoms with Crippen molar-refractivity contribution in [2.75, 3.05) is 11.1 Å². The lowest BCUT2D eigenvalue weighted by Crippen LogP contribution is -2.15. The fraction of sp³-hybridized carbons (Fsp3) is 0.227. The second kappa shape index (κ2) is 9.06. The van der Waals surface area contributed by atoms with Crippen molar-refractivity contribution in [3.63, 3.8) is 0 Å². The predicted octanol–water partition coefficient (Wildman–Crippen LogP) is 6.47. The van der Waals surface area contributed by atoms with Gasteiger partial charge in [0.25, 0.3) is 0 Å². The van der Waals surface area contributed by atoms with Gasteiger partial charge in [-0.1, -0.05) is 23.4 Å². The first-order valence-electron chi connectivity index (χ1n) is 9.67. The molecule has 31 heavy (non-hydrogen) atoms. The summed E-state index contributed by atoms with van der Waals surface area (Å²) in [5.41, 5.74) is 3.77. The highest BCUT2D eigenvalue weighted by Crippen LogP contribution is 2.31. The summed E-state index contributed by atoms with van der Waals surface area (Å²) >= 11 is 10.9. The normalized spacial score (nSPS) is 11.3. The zero-order chi connectivity index (χ0) is 22.1. The van der Waals surface area contributed by atoms with E-state index in [9.17, 15) is 4.79 Å². The molecule has 0 saturated heterocycles. The number of anilines is 1. The highest BCUT2D eigenvalue weighted by Gasteiger charge is 2.18. The first kappa shape index (κ1) is 21.9.